The number of benzene rings is 1. The smallest absolute Gasteiger partial charge is 0.0991 e. The summed E-state index contributed by atoms with van der Waals surface area (Å²) in [6, 6.07) is 10.6. The third-order valence-corrected chi connectivity index (χ3v) is 3.63. The van der Waals surface area contributed by atoms with Crippen molar-refractivity contribution in [3.63, 3.8) is 0 Å². The summed E-state index contributed by atoms with van der Waals surface area (Å²) in [6.07, 6.45) is 4.35. The van der Waals surface area contributed by atoms with E-state index in [-0.39, 0.29) is 0 Å². The standard InChI is InChI=1S/C16H21N3/c1-2-8-19-9-6-16(7-10-19)18-13-15-5-3-4-14(11-15)12-17/h2-5,11,16,18H,1,6-10,13H2. The minimum atomic E-state index is 0.590. The van der Waals surface area contributed by atoms with Crippen LogP contribution in [0.25, 0.3) is 0 Å². The van der Waals surface area contributed by atoms with Gasteiger partial charge in [0.15, 0.2) is 0 Å². The second kappa shape index (κ2) is 7.08. The van der Waals surface area contributed by atoms with Crippen molar-refractivity contribution in [2.24, 2.45) is 0 Å². The van der Waals surface area contributed by atoms with Crippen molar-refractivity contribution in [2.75, 3.05) is 19.6 Å². The molecule has 1 heterocycles. The van der Waals surface area contributed by atoms with Crippen molar-refractivity contribution in [3.8, 4) is 6.07 Å². The van der Waals surface area contributed by atoms with Crippen LogP contribution in [0.5, 0.6) is 0 Å². The van der Waals surface area contributed by atoms with Gasteiger partial charge in [0.25, 0.3) is 0 Å². The highest BCUT2D eigenvalue weighted by Crippen LogP contribution is 2.11. The fourth-order valence-electron chi connectivity index (χ4n) is 2.52. The van der Waals surface area contributed by atoms with Gasteiger partial charge in [0.2, 0.25) is 0 Å². The average Bonchev–Trinajstić information content (AvgIpc) is 2.47. The fourth-order valence-corrected chi connectivity index (χ4v) is 2.52. The maximum Gasteiger partial charge on any atom is 0.0991 e. The normalized spacial score (nSPS) is 17.0. The lowest BCUT2D eigenvalue weighted by atomic mass is 10.0. The molecule has 1 saturated heterocycles. The summed E-state index contributed by atoms with van der Waals surface area (Å²) in [7, 11) is 0. The fraction of sp³-hybridized carbons (Fsp3) is 0.438. The van der Waals surface area contributed by atoms with Crippen molar-refractivity contribution in [2.45, 2.75) is 25.4 Å². The molecule has 19 heavy (non-hydrogen) atoms. The molecule has 1 aromatic carbocycles. The van der Waals surface area contributed by atoms with Crippen LogP contribution in [0.3, 0.4) is 0 Å². The number of hydrogen-bond donors (Lipinski definition) is 1. The van der Waals surface area contributed by atoms with Gasteiger partial charge in [0, 0.05) is 19.1 Å². The molecule has 0 spiro atoms. The molecule has 0 saturated carbocycles. The SMILES string of the molecule is C=CCN1CCC(NCc2cccc(C#N)c2)CC1. The zero-order chi connectivity index (χ0) is 13.5. The molecule has 0 radical (unpaired) electrons. The summed E-state index contributed by atoms with van der Waals surface area (Å²) in [4.78, 5) is 2.43. The van der Waals surface area contributed by atoms with E-state index in [0.29, 0.717) is 6.04 Å². The quantitative estimate of drug-likeness (QED) is 0.821. The van der Waals surface area contributed by atoms with Crippen molar-refractivity contribution in [1.29, 1.82) is 5.26 Å². The molecule has 0 aliphatic carbocycles. The van der Waals surface area contributed by atoms with E-state index in [4.69, 9.17) is 5.26 Å². The Morgan fingerprint density at radius 2 is 2.21 bits per heavy atom. The molecule has 1 aliphatic heterocycles. The van der Waals surface area contributed by atoms with Gasteiger partial charge in [-0.1, -0.05) is 18.2 Å². The zero-order valence-electron chi connectivity index (χ0n) is 11.3. The molecule has 1 aromatic rings. The first-order chi connectivity index (χ1) is 9.31. The van der Waals surface area contributed by atoms with Crippen LogP contribution in [-0.4, -0.2) is 30.6 Å². The van der Waals surface area contributed by atoms with Crippen LogP contribution in [0.1, 0.15) is 24.0 Å². The van der Waals surface area contributed by atoms with E-state index in [0.717, 1.165) is 31.7 Å². The topological polar surface area (TPSA) is 39.1 Å². The van der Waals surface area contributed by atoms with Gasteiger partial charge < -0.3 is 5.32 Å². The molecule has 0 atom stereocenters. The highest BCUT2D eigenvalue weighted by atomic mass is 15.1. The van der Waals surface area contributed by atoms with Crippen LogP contribution < -0.4 is 5.32 Å². The predicted octanol–water partition coefficient (Wildman–Crippen LogP) is 2.30. The largest absolute Gasteiger partial charge is 0.310 e. The number of likely N-dealkylation sites (tertiary alicyclic amines) is 1. The summed E-state index contributed by atoms with van der Waals surface area (Å²) in [5.41, 5.74) is 1.92. The second-order valence-electron chi connectivity index (χ2n) is 5.06. The number of piperidine rings is 1. The van der Waals surface area contributed by atoms with Crippen molar-refractivity contribution < 1.29 is 0 Å². The van der Waals surface area contributed by atoms with E-state index in [1.807, 2.05) is 24.3 Å². The van der Waals surface area contributed by atoms with E-state index >= 15 is 0 Å². The summed E-state index contributed by atoms with van der Waals surface area (Å²) in [5, 5.41) is 12.5. The van der Waals surface area contributed by atoms with Crippen LogP contribution in [0, 0.1) is 11.3 Å². The Morgan fingerprint density at radius 3 is 2.89 bits per heavy atom. The molecule has 2 rings (SSSR count). The van der Waals surface area contributed by atoms with Gasteiger partial charge >= 0.3 is 0 Å². The first-order valence-corrected chi connectivity index (χ1v) is 6.87. The van der Waals surface area contributed by atoms with Gasteiger partial charge in [-0.05, 0) is 43.6 Å². The molecule has 0 bridgehead atoms. The molecular weight excluding hydrogens is 234 g/mol. The van der Waals surface area contributed by atoms with Crippen LogP contribution >= 0.6 is 0 Å². The van der Waals surface area contributed by atoms with Gasteiger partial charge in [0.05, 0.1) is 11.6 Å². The number of rotatable bonds is 5. The van der Waals surface area contributed by atoms with Gasteiger partial charge in [-0.25, -0.2) is 0 Å². The van der Waals surface area contributed by atoms with Gasteiger partial charge in [-0.2, -0.15) is 5.26 Å². The lowest BCUT2D eigenvalue weighted by Gasteiger charge is -2.31. The first-order valence-electron chi connectivity index (χ1n) is 6.87. The van der Waals surface area contributed by atoms with Crippen LogP contribution in [-0.2, 0) is 6.54 Å². The van der Waals surface area contributed by atoms with Crippen LogP contribution in [0.4, 0.5) is 0 Å². The third kappa shape index (κ3) is 4.20. The van der Waals surface area contributed by atoms with Gasteiger partial charge in [0.1, 0.15) is 0 Å². The zero-order valence-corrected chi connectivity index (χ0v) is 11.3. The van der Waals surface area contributed by atoms with E-state index in [2.05, 4.69) is 28.9 Å². The molecule has 3 heteroatoms. The Labute approximate surface area is 115 Å². The Kier molecular flexibility index (Phi) is 5.14. The van der Waals surface area contributed by atoms with E-state index in [1.165, 1.54) is 18.4 Å². The predicted molar refractivity (Wildman–Crippen MR) is 77.7 cm³/mol. The lowest BCUT2D eigenvalue weighted by Crippen LogP contribution is -2.42. The molecule has 1 N–H and O–H groups in total. The minimum Gasteiger partial charge on any atom is -0.310 e. The summed E-state index contributed by atoms with van der Waals surface area (Å²) in [5.74, 6) is 0. The monoisotopic (exact) mass is 255 g/mol. The van der Waals surface area contributed by atoms with E-state index < -0.39 is 0 Å². The molecule has 100 valence electrons. The Morgan fingerprint density at radius 1 is 1.42 bits per heavy atom. The molecule has 0 aromatic heterocycles. The lowest BCUT2D eigenvalue weighted by molar-refractivity contribution is 0.214. The summed E-state index contributed by atoms with van der Waals surface area (Å²) in [6.45, 7) is 7.91. The van der Waals surface area contributed by atoms with E-state index in [1.54, 1.807) is 0 Å². The number of nitrogens with one attached hydrogen (secondary N) is 1. The average molecular weight is 255 g/mol. The number of hydrogen-bond acceptors (Lipinski definition) is 3. The highest BCUT2D eigenvalue weighted by Gasteiger charge is 2.17. The molecule has 0 amide bonds. The second-order valence-corrected chi connectivity index (χ2v) is 5.06. The van der Waals surface area contributed by atoms with E-state index in [9.17, 15) is 0 Å². The maximum absolute atomic E-state index is 8.87. The Bertz CT molecular complexity index is 453. The molecule has 0 unspecified atom stereocenters. The minimum absolute atomic E-state index is 0.590. The summed E-state index contributed by atoms with van der Waals surface area (Å²) >= 11 is 0. The highest BCUT2D eigenvalue weighted by molar-refractivity contribution is 5.32. The number of nitrogens with zero attached hydrogens (tertiary/aromatic N) is 2. The van der Waals surface area contributed by atoms with Crippen molar-refractivity contribution in [3.05, 3.63) is 48.0 Å². The molecule has 1 fully saturated rings. The maximum atomic E-state index is 8.87. The molecule has 3 nitrogen and oxygen atoms in total. The molecule has 1 aliphatic rings. The van der Waals surface area contributed by atoms with Crippen molar-refractivity contribution in [1.82, 2.24) is 10.2 Å². The van der Waals surface area contributed by atoms with Gasteiger partial charge in [-0.15, -0.1) is 6.58 Å². The summed E-state index contributed by atoms with van der Waals surface area (Å²) < 4.78 is 0. The number of nitriles is 1. The van der Waals surface area contributed by atoms with Gasteiger partial charge in [-0.3, -0.25) is 4.90 Å². The third-order valence-electron chi connectivity index (χ3n) is 3.63. The first kappa shape index (κ1) is 13.8. The Hall–Kier alpha value is -1.63. The molecular formula is C16H21N3. The Balaban J connectivity index is 1.77. The van der Waals surface area contributed by atoms with Crippen molar-refractivity contribution >= 4 is 0 Å². The van der Waals surface area contributed by atoms with Crippen LogP contribution in [0.2, 0.25) is 0 Å². The van der Waals surface area contributed by atoms with Crippen LogP contribution in [0.15, 0.2) is 36.9 Å².